The van der Waals surface area contributed by atoms with E-state index in [1.54, 1.807) is 16.8 Å². The standard InChI is InChI=1S/C22H21FN4O2/c1-3-14-6-4-5-7-17(14)24-19(28)12-18-22(29)25-21-20(13(2)26-27(18)21)15-8-10-16(23)11-9-15/h4-11,18H,3,12H2,1-2H3,(H,24,28)(H,25,29). The first-order valence-electron chi connectivity index (χ1n) is 9.51. The highest BCUT2D eigenvalue weighted by atomic mass is 19.1. The van der Waals surface area contributed by atoms with E-state index in [0.29, 0.717) is 11.5 Å². The molecule has 1 unspecified atom stereocenters. The van der Waals surface area contributed by atoms with Crippen molar-refractivity contribution in [3.05, 3.63) is 65.6 Å². The molecule has 1 aliphatic heterocycles. The SMILES string of the molecule is CCc1ccccc1NC(=O)CC1C(=O)Nc2c(-c3ccc(F)cc3)c(C)nn21. The van der Waals surface area contributed by atoms with Gasteiger partial charge in [0.05, 0.1) is 12.1 Å². The van der Waals surface area contributed by atoms with Gasteiger partial charge in [-0.1, -0.05) is 37.3 Å². The quantitative estimate of drug-likeness (QED) is 0.687. The van der Waals surface area contributed by atoms with Gasteiger partial charge in [0, 0.05) is 11.3 Å². The summed E-state index contributed by atoms with van der Waals surface area (Å²) in [6.45, 7) is 3.84. The minimum atomic E-state index is -0.730. The van der Waals surface area contributed by atoms with Crippen molar-refractivity contribution in [1.29, 1.82) is 0 Å². The molecular formula is C22H21FN4O2. The van der Waals surface area contributed by atoms with Crippen molar-refractivity contribution >= 4 is 23.3 Å². The lowest BCUT2D eigenvalue weighted by atomic mass is 10.1. The second kappa shape index (κ2) is 7.50. The Morgan fingerprint density at radius 3 is 2.66 bits per heavy atom. The number of nitrogens with zero attached hydrogens (tertiary/aromatic N) is 2. The maximum atomic E-state index is 13.3. The zero-order valence-electron chi connectivity index (χ0n) is 16.2. The molecule has 6 nitrogen and oxygen atoms in total. The molecule has 1 aliphatic rings. The third-order valence-corrected chi connectivity index (χ3v) is 5.11. The Balaban J connectivity index is 1.58. The molecule has 0 radical (unpaired) electrons. The van der Waals surface area contributed by atoms with Crippen LogP contribution in [0.25, 0.3) is 11.1 Å². The number of hydrogen-bond acceptors (Lipinski definition) is 3. The number of nitrogens with one attached hydrogen (secondary N) is 2. The molecule has 0 aliphatic carbocycles. The van der Waals surface area contributed by atoms with Crippen molar-refractivity contribution < 1.29 is 14.0 Å². The molecule has 0 saturated heterocycles. The first kappa shape index (κ1) is 18.9. The number of amides is 2. The molecule has 3 aromatic rings. The van der Waals surface area contributed by atoms with E-state index in [1.807, 2.05) is 38.1 Å². The average molecular weight is 392 g/mol. The number of aryl methyl sites for hydroxylation is 2. The zero-order valence-corrected chi connectivity index (χ0v) is 16.2. The Labute approximate surface area is 167 Å². The fourth-order valence-electron chi connectivity index (χ4n) is 3.67. The van der Waals surface area contributed by atoms with Crippen molar-refractivity contribution in [1.82, 2.24) is 9.78 Å². The lowest BCUT2D eigenvalue weighted by molar-refractivity contribution is -0.123. The molecule has 29 heavy (non-hydrogen) atoms. The molecule has 2 aromatic carbocycles. The molecule has 1 aromatic heterocycles. The number of carbonyl (C=O) groups excluding carboxylic acids is 2. The van der Waals surface area contributed by atoms with Gasteiger partial charge in [-0.05, 0) is 42.7 Å². The number of halogens is 1. The summed E-state index contributed by atoms with van der Waals surface area (Å²) in [4.78, 5) is 25.2. The van der Waals surface area contributed by atoms with E-state index in [4.69, 9.17) is 0 Å². The molecule has 148 valence electrons. The first-order chi connectivity index (χ1) is 14.0. The summed E-state index contributed by atoms with van der Waals surface area (Å²) >= 11 is 0. The van der Waals surface area contributed by atoms with Gasteiger partial charge in [0.2, 0.25) is 5.91 Å². The van der Waals surface area contributed by atoms with Gasteiger partial charge in [0.1, 0.15) is 17.7 Å². The van der Waals surface area contributed by atoms with Crippen molar-refractivity contribution in [3.8, 4) is 11.1 Å². The van der Waals surface area contributed by atoms with Crippen LogP contribution in [0.1, 0.15) is 30.6 Å². The van der Waals surface area contributed by atoms with Crippen LogP contribution < -0.4 is 10.6 Å². The molecule has 2 amide bonds. The van der Waals surface area contributed by atoms with Crippen LogP contribution in [0.3, 0.4) is 0 Å². The molecule has 0 saturated carbocycles. The Kier molecular flexibility index (Phi) is 4.88. The molecule has 4 rings (SSSR count). The Hall–Kier alpha value is -3.48. The second-order valence-electron chi connectivity index (χ2n) is 7.03. The fourth-order valence-corrected chi connectivity index (χ4v) is 3.67. The van der Waals surface area contributed by atoms with Gasteiger partial charge in [0.25, 0.3) is 5.91 Å². The van der Waals surface area contributed by atoms with Crippen molar-refractivity contribution in [2.45, 2.75) is 32.7 Å². The maximum Gasteiger partial charge on any atom is 0.251 e. The predicted molar refractivity (Wildman–Crippen MR) is 109 cm³/mol. The normalized spacial score (nSPS) is 15.1. The smallest absolute Gasteiger partial charge is 0.251 e. The Bertz CT molecular complexity index is 1090. The fraction of sp³-hybridized carbons (Fsp3) is 0.227. The van der Waals surface area contributed by atoms with Crippen LogP contribution in [0.5, 0.6) is 0 Å². The van der Waals surface area contributed by atoms with E-state index in [-0.39, 0.29) is 24.1 Å². The summed E-state index contributed by atoms with van der Waals surface area (Å²) in [5.74, 6) is -0.336. The monoisotopic (exact) mass is 392 g/mol. The molecule has 0 bridgehead atoms. The first-order valence-corrected chi connectivity index (χ1v) is 9.51. The van der Waals surface area contributed by atoms with Crippen molar-refractivity contribution in [2.75, 3.05) is 10.6 Å². The number of fused-ring (bicyclic) bond motifs is 1. The molecule has 1 atom stereocenters. The van der Waals surface area contributed by atoms with Crippen LogP contribution >= 0.6 is 0 Å². The van der Waals surface area contributed by atoms with Crippen LogP contribution in [-0.2, 0) is 16.0 Å². The Morgan fingerprint density at radius 2 is 1.93 bits per heavy atom. The maximum absolute atomic E-state index is 13.3. The largest absolute Gasteiger partial charge is 0.326 e. The summed E-state index contributed by atoms with van der Waals surface area (Å²) in [6.07, 6.45) is 0.769. The molecule has 2 N–H and O–H groups in total. The van der Waals surface area contributed by atoms with Gasteiger partial charge in [-0.15, -0.1) is 0 Å². The van der Waals surface area contributed by atoms with E-state index in [1.165, 1.54) is 12.1 Å². The molecule has 0 fully saturated rings. The van der Waals surface area contributed by atoms with Gasteiger partial charge in [0.15, 0.2) is 0 Å². The number of hydrogen-bond donors (Lipinski definition) is 2. The molecule has 7 heteroatoms. The molecule has 0 spiro atoms. The third kappa shape index (κ3) is 3.51. The summed E-state index contributed by atoms with van der Waals surface area (Å²) in [5.41, 5.74) is 3.98. The highest BCUT2D eigenvalue weighted by Gasteiger charge is 2.36. The second-order valence-corrected chi connectivity index (χ2v) is 7.03. The summed E-state index contributed by atoms with van der Waals surface area (Å²) < 4.78 is 14.8. The van der Waals surface area contributed by atoms with Crippen LogP contribution in [0.2, 0.25) is 0 Å². The van der Waals surface area contributed by atoms with Gasteiger partial charge >= 0.3 is 0 Å². The Morgan fingerprint density at radius 1 is 1.21 bits per heavy atom. The van der Waals surface area contributed by atoms with Gasteiger partial charge < -0.3 is 10.6 Å². The van der Waals surface area contributed by atoms with Crippen molar-refractivity contribution in [2.24, 2.45) is 0 Å². The lowest BCUT2D eigenvalue weighted by Gasteiger charge is -2.12. The van der Waals surface area contributed by atoms with Gasteiger partial charge in [-0.2, -0.15) is 5.10 Å². The number of para-hydroxylation sites is 1. The van der Waals surface area contributed by atoms with E-state index in [2.05, 4.69) is 15.7 Å². The van der Waals surface area contributed by atoms with Crippen LogP contribution in [0.4, 0.5) is 15.9 Å². The van der Waals surface area contributed by atoms with E-state index in [9.17, 15) is 14.0 Å². The lowest BCUT2D eigenvalue weighted by Crippen LogP contribution is -2.24. The summed E-state index contributed by atoms with van der Waals surface area (Å²) in [5, 5.41) is 10.2. The predicted octanol–water partition coefficient (Wildman–Crippen LogP) is 4.08. The summed E-state index contributed by atoms with van der Waals surface area (Å²) in [7, 11) is 0. The molecular weight excluding hydrogens is 371 g/mol. The van der Waals surface area contributed by atoms with E-state index in [0.717, 1.165) is 28.8 Å². The summed E-state index contributed by atoms with van der Waals surface area (Å²) in [6, 6.07) is 12.9. The number of rotatable bonds is 5. The number of carbonyl (C=O) groups is 2. The number of benzene rings is 2. The highest BCUT2D eigenvalue weighted by Crippen LogP contribution is 2.38. The van der Waals surface area contributed by atoms with E-state index < -0.39 is 6.04 Å². The van der Waals surface area contributed by atoms with Gasteiger partial charge in [-0.3, -0.25) is 9.59 Å². The van der Waals surface area contributed by atoms with Crippen LogP contribution in [0.15, 0.2) is 48.5 Å². The minimum absolute atomic E-state index is 0.0269. The molecule has 2 heterocycles. The van der Waals surface area contributed by atoms with Gasteiger partial charge in [-0.25, -0.2) is 9.07 Å². The minimum Gasteiger partial charge on any atom is -0.326 e. The van der Waals surface area contributed by atoms with Crippen LogP contribution in [0, 0.1) is 12.7 Å². The number of aromatic nitrogens is 2. The third-order valence-electron chi connectivity index (χ3n) is 5.11. The average Bonchev–Trinajstić information content (AvgIpc) is 3.17. The zero-order chi connectivity index (χ0) is 20.5. The highest BCUT2D eigenvalue weighted by molar-refractivity contribution is 6.04. The number of anilines is 2. The van der Waals surface area contributed by atoms with Crippen LogP contribution in [-0.4, -0.2) is 21.6 Å². The van der Waals surface area contributed by atoms with Crippen molar-refractivity contribution in [3.63, 3.8) is 0 Å². The van der Waals surface area contributed by atoms with E-state index >= 15 is 0 Å². The topological polar surface area (TPSA) is 76.0 Å².